The lowest BCUT2D eigenvalue weighted by Crippen LogP contribution is -2.33. The van der Waals surface area contributed by atoms with Crippen molar-refractivity contribution in [3.63, 3.8) is 0 Å². The minimum absolute atomic E-state index is 0.120. The van der Waals surface area contributed by atoms with Gasteiger partial charge in [0.05, 0.1) is 9.77 Å². The van der Waals surface area contributed by atoms with Crippen LogP contribution in [0.1, 0.15) is 20.8 Å². The second kappa shape index (κ2) is 8.73. The van der Waals surface area contributed by atoms with E-state index in [0.29, 0.717) is 16.3 Å². The molecule has 0 radical (unpaired) electrons. The zero-order valence-electron chi connectivity index (χ0n) is 15.7. The van der Waals surface area contributed by atoms with Crippen LogP contribution in [0.3, 0.4) is 0 Å². The number of benzene rings is 2. The van der Waals surface area contributed by atoms with Crippen LogP contribution in [0.15, 0.2) is 64.9 Å². The molecule has 2 aromatic carbocycles. The van der Waals surface area contributed by atoms with Crippen LogP contribution in [-0.2, 0) is 10.0 Å². The Morgan fingerprint density at radius 3 is 2.28 bits per heavy atom. The first kappa shape index (κ1) is 21.0. The van der Waals surface area contributed by atoms with Gasteiger partial charge in [-0.15, -0.1) is 11.3 Å². The van der Waals surface area contributed by atoms with Gasteiger partial charge in [0.2, 0.25) is 0 Å². The molecule has 0 aliphatic carbocycles. The Morgan fingerprint density at radius 1 is 0.966 bits per heavy atom. The molecule has 0 spiro atoms. The quantitative estimate of drug-likeness (QED) is 0.510. The lowest BCUT2D eigenvalue weighted by Gasteiger charge is -2.12. The van der Waals surface area contributed by atoms with E-state index in [-0.39, 0.29) is 15.9 Å². The summed E-state index contributed by atoms with van der Waals surface area (Å²) >= 11 is 6.45. The number of amides is 1. The van der Waals surface area contributed by atoms with Gasteiger partial charge in [0.1, 0.15) is 0 Å². The summed E-state index contributed by atoms with van der Waals surface area (Å²) in [7, 11) is -3.72. The monoisotopic (exact) mass is 445 g/mol. The summed E-state index contributed by atoms with van der Waals surface area (Å²) < 4.78 is 27.8. The molecule has 1 aromatic heterocycles. The predicted octanol–water partition coefficient (Wildman–Crippen LogP) is 4.29. The summed E-state index contributed by atoms with van der Waals surface area (Å²) in [5.74, 6) is -0.297. The predicted molar refractivity (Wildman–Crippen MR) is 121 cm³/mol. The van der Waals surface area contributed by atoms with Crippen LogP contribution in [0, 0.1) is 13.8 Å². The fourth-order valence-electron chi connectivity index (χ4n) is 2.47. The maximum Gasteiger partial charge on any atom is 0.267 e. The number of carbonyl (C=O) groups excluding carboxylic acids is 1. The maximum absolute atomic E-state index is 12.6. The minimum Gasteiger partial charge on any atom is -0.332 e. The molecule has 0 fully saturated rings. The second-order valence-corrected chi connectivity index (χ2v) is 9.35. The number of anilines is 2. The number of carbonyl (C=O) groups is 1. The number of thiocarbonyl (C=S) groups is 1. The third kappa shape index (κ3) is 5.41. The molecule has 0 aliphatic heterocycles. The van der Waals surface area contributed by atoms with Crippen LogP contribution in [0.4, 0.5) is 11.4 Å². The lowest BCUT2D eigenvalue weighted by atomic mass is 10.1. The molecule has 29 heavy (non-hydrogen) atoms. The van der Waals surface area contributed by atoms with E-state index < -0.39 is 10.0 Å². The summed E-state index contributed by atoms with van der Waals surface area (Å²) in [5.41, 5.74) is 3.16. The number of thiophene rings is 1. The van der Waals surface area contributed by atoms with Gasteiger partial charge in [-0.2, -0.15) is 0 Å². The van der Waals surface area contributed by atoms with Crippen molar-refractivity contribution in [2.24, 2.45) is 0 Å². The Balaban J connectivity index is 1.64. The summed E-state index contributed by atoms with van der Waals surface area (Å²) in [6.07, 6.45) is 0. The Hall–Kier alpha value is -2.75. The first-order valence-electron chi connectivity index (χ1n) is 8.60. The smallest absolute Gasteiger partial charge is 0.267 e. The van der Waals surface area contributed by atoms with Gasteiger partial charge in [-0.1, -0.05) is 12.1 Å². The molecular weight excluding hydrogens is 426 g/mol. The molecule has 3 N–H and O–H groups in total. The molecule has 1 amide bonds. The Bertz CT molecular complexity index is 1140. The first-order chi connectivity index (χ1) is 13.7. The molecule has 0 bridgehead atoms. The van der Waals surface area contributed by atoms with Crippen LogP contribution in [-0.4, -0.2) is 19.4 Å². The summed E-state index contributed by atoms with van der Waals surface area (Å²) in [5, 5.41) is 7.38. The molecular formula is C20H19N3O3S3. The molecule has 0 unspecified atom stereocenters. The van der Waals surface area contributed by atoms with Crippen molar-refractivity contribution in [2.75, 3.05) is 10.0 Å². The van der Waals surface area contributed by atoms with Gasteiger partial charge in [-0.3, -0.25) is 14.8 Å². The number of rotatable bonds is 5. The van der Waals surface area contributed by atoms with E-state index in [1.165, 1.54) is 23.5 Å². The van der Waals surface area contributed by atoms with Crippen LogP contribution < -0.4 is 15.4 Å². The highest BCUT2D eigenvalue weighted by atomic mass is 32.2. The van der Waals surface area contributed by atoms with Crippen LogP contribution in [0.25, 0.3) is 0 Å². The Morgan fingerprint density at radius 2 is 1.66 bits per heavy atom. The summed E-state index contributed by atoms with van der Waals surface area (Å²) in [6.45, 7) is 3.89. The lowest BCUT2D eigenvalue weighted by molar-refractivity contribution is 0.0981. The standard InChI is InChI=1S/C20H19N3O3S3/c1-13-5-6-16(12-14(13)2)23-29(25,26)17-9-7-15(8-10-17)21-20(27)22-19(24)18-4-3-11-28-18/h3-12,23H,1-2H3,(H2,21,22,24,27). The second-order valence-electron chi connectivity index (χ2n) is 6.31. The third-order valence-corrected chi connectivity index (χ3v) is 6.62. The van der Waals surface area contributed by atoms with Crippen molar-refractivity contribution in [2.45, 2.75) is 18.7 Å². The summed E-state index contributed by atoms with van der Waals surface area (Å²) in [4.78, 5) is 12.7. The highest BCUT2D eigenvalue weighted by molar-refractivity contribution is 7.92. The zero-order valence-corrected chi connectivity index (χ0v) is 18.2. The molecule has 9 heteroatoms. The van der Waals surface area contributed by atoms with Crippen molar-refractivity contribution >= 4 is 56.0 Å². The fraction of sp³-hybridized carbons (Fsp3) is 0.100. The first-order valence-corrected chi connectivity index (χ1v) is 11.4. The van der Waals surface area contributed by atoms with Crippen LogP contribution in [0.5, 0.6) is 0 Å². The molecule has 150 valence electrons. The molecule has 0 saturated heterocycles. The maximum atomic E-state index is 12.6. The van der Waals surface area contributed by atoms with E-state index in [1.807, 2.05) is 19.9 Å². The fourth-order valence-corrected chi connectivity index (χ4v) is 4.35. The van der Waals surface area contributed by atoms with E-state index in [0.717, 1.165) is 11.1 Å². The number of hydrogen-bond donors (Lipinski definition) is 3. The molecule has 0 atom stereocenters. The average molecular weight is 446 g/mol. The molecule has 6 nitrogen and oxygen atoms in total. The van der Waals surface area contributed by atoms with Crippen molar-refractivity contribution in [1.82, 2.24) is 5.32 Å². The van der Waals surface area contributed by atoms with Gasteiger partial charge in [0, 0.05) is 11.4 Å². The SMILES string of the molecule is Cc1ccc(NS(=O)(=O)c2ccc(NC(=S)NC(=O)c3cccs3)cc2)cc1C. The van der Waals surface area contributed by atoms with E-state index in [9.17, 15) is 13.2 Å². The van der Waals surface area contributed by atoms with Gasteiger partial charge in [-0.25, -0.2) is 8.42 Å². The van der Waals surface area contributed by atoms with Gasteiger partial charge < -0.3 is 5.32 Å². The number of sulfonamides is 1. The largest absolute Gasteiger partial charge is 0.332 e. The van der Waals surface area contributed by atoms with Crippen molar-refractivity contribution < 1.29 is 13.2 Å². The number of nitrogens with one attached hydrogen (secondary N) is 3. The Labute approximate surface area is 179 Å². The average Bonchev–Trinajstić information content (AvgIpc) is 3.20. The van der Waals surface area contributed by atoms with E-state index in [2.05, 4.69) is 15.4 Å². The third-order valence-electron chi connectivity index (χ3n) is 4.15. The molecule has 1 heterocycles. The van der Waals surface area contributed by atoms with Gasteiger partial charge in [-0.05, 0) is 85.0 Å². The molecule has 3 aromatic rings. The van der Waals surface area contributed by atoms with Gasteiger partial charge >= 0.3 is 0 Å². The highest BCUT2D eigenvalue weighted by Crippen LogP contribution is 2.20. The van der Waals surface area contributed by atoms with Crippen molar-refractivity contribution in [1.29, 1.82) is 0 Å². The number of aryl methyl sites for hydroxylation is 2. The van der Waals surface area contributed by atoms with E-state index in [4.69, 9.17) is 12.2 Å². The van der Waals surface area contributed by atoms with E-state index >= 15 is 0 Å². The zero-order chi connectivity index (χ0) is 21.0. The molecule has 0 saturated carbocycles. The normalized spacial score (nSPS) is 11.0. The summed E-state index contributed by atoms with van der Waals surface area (Å²) in [6, 6.07) is 15.0. The minimum atomic E-state index is -3.72. The van der Waals surface area contributed by atoms with E-state index in [1.54, 1.807) is 41.8 Å². The van der Waals surface area contributed by atoms with Crippen molar-refractivity contribution in [3.05, 3.63) is 76.0 Å². The van der Waals surface area contributed by atoms with Crippen LogP contribution >= 0.6 is 23.6 Å². The van der Waals surface area contributed by atoms with Gasteiger partial charge in [0.15, 0.2) is 5.11 Å². The molecule has 0 aliphatic rings. The van der Waals surface area contributed by atoms with Gasteiger partial charge in [0.25, 0.3) is 15.9 Å². The molecule has 3 rings (SSSR count). The topological polar surface area (TPSA) is 87.3 Å². The Kier molecular flexibility index (Phi) is 6.31. The number of hydrogen-bond acceptors (Lipinski definition) is 5. The highest BCUT2D eigenvalue weighted by Gasteiger charge is 2.15. The van der Waals surface area contributed by atoms with Crippen molar-refractivity contribution in [3.8, 4) is 0 Å². The van der Waals surface area contributed by atoms with Crippen LogP contribution in [0.2, 0.25) is 0 Å².